The smallest absolute Gasteiger partial charge is 0.248 e. The minimum atomic E-state index is -0.804. The maximum Gasteiger partial charge on any atom is 0.248 e. The van der Waals surface area contributed by atoms with E-state index < -0.39 is 6.04 Å². The monoisotopic (exact) mass is 528 g/mol. The molecule has 3 amide bonds. The van der Waals surface area contributed by atoms with Crippen LogP contribution in [0.2, 0.25) is 0 Å². The molecular formula is C30H32N4O3S. The van der Waals surface area contributed by atoms with E-state index >= 15 is 0 Å². The van der Waals surface area contributed by atoms with Crippen LogP contribution in [0, 0.1) is 0 Å². The van der Waals surface area contributed by atoms with Crippen LogP contribution in [0.1, 0.15) is 55.5 Å². The molecule has 1 unspecified atom stereocenters. The Balaban J connectivity index is 1.52. The van der Waals surface area contributed by atoms with Crippen molar-refractivity contribution in [1.82, 2.24) is 10.3 Å². The SMILES string of the molecule is CC(=O)Nc1ccc(N(C(=O)Cc2c[nH]c3ccccc23)C(C(=O)NC2CCCCC2)c2cccs2)cc1. The summed E-state index contributed by atoms with van der Waals surface area (Å²) in [6.07, 6.45) is 7.30. The Morgan fingerprint density at radius 2 is 1.76 bits per heavy atom. The van der Waals surface area contributed by atoms with E-state index in [-0.39, 0.29) is 30.2 Å². The number of amides is 3. The van der Waals surface area contributed by atoms with E-state index in [1.54, 1.807) is 29.2 Å². The molecule has 3 N–H and O–H groups in total. The molecule has 1 aliphatic rings. The predicted molar refractivity (Wildman–Crippen MR) is 152 cm³/mol. The molecular weight excluding hydrogens is 496 g/mol. The molecule has 4 aromatic rings. The van der Waals surface area contributed by atoms with Gasteiger partial charge < -0.3 is 15.6 Å². The highest BCUT2D eigenvalue weighted by Gasteiger charge is 2.35. The number of carbonyl (C=O) groups is 3. The van der Waals surface area contributed by atoms with Gasteiger partial charge in [0.25, 0.3) is 0 Å². The molecule has 0 aliphatic heterocycles. The fraction of sp³-hybridized carbons (Fsp3) is 0.300. The number of benzene rings is 2. The number of H-pyrrole nitrogens is 1. The van der Waals surface area contributed by atoms with Crippen LogP contribution in [0.5, 0.6) is 0 Å². The van der Waals surface area contributed by atoms with Gasteiger partial charge in [-0.25, -0.2) is 0 Å². The van der Waals surface area contributed by atoms with Crippen LogP contribution in [0.3, 0.4) is 0 Å². The Morgan fingerprint density at radius 1 is 1.00 bits per heavy atom. The highest BCUT2D eigenvalue weighted by atomic mass is 32.1. The molecule has 0 radical (unpaired) electrons. The molecule has 2 heterocycles. The largest absolute Gasteiger partial charge is 0.361 e. The van der Waals surface area contributed by atoms with Gasteiger partial charge in [0.15, 0.2) is 0 Å². The maximum atomic E-state index is 14.1. The van der Waals surface area contributed by atoms with Gasteiger partial charge in [-0.2, -0.15) is 0 Å². The molecule has 7 nitrogen and oxygen atoms in total. The maximum absolute atomic E-state index is 14.1. The van der Waals surface area contributed by atoms with Crippen LogP contribution in [-0.2, 0) is 20.8 Å². The van der Waals surface area contributed by atoms with Gasteiger partial charge >= 0.3 is 0 Å². The number of fused-ring (bicyclic) bond motifs is 1. The molecule has 1 fully saturated rings. The van der Waals surface area contributed by atoms with Crippen LogP contribution >= 0.6 is 11.3 Å². The van der Waals surface area contributed by atoms with Crippen LogP contribution in [0.25, 0.3) is 10.9 Å². The molecule has 5 rings (SSSR count). The molecule has 2 aromatic carbocycles. The van der Waals surface area contributed by atoms with Gasteiger partial charge in [-0.15, -0.1) is 11.3 Å². The third-order valence-electron chi connectivity index (χ3n) is 7.02. The van der Waals surface area contributed by atoms with E-state index in [1.165, 1.54) is 24.7 Å². The van der Waals surface area contributed by atoms with E-state index in [1.807, 2.05) is 48.0 Å². The summed E-state index contributed by atoms with van der Waals surface area (Å²) in [5.41, 5.74) is 3.07. The van der Waals surface area contributed by atoms with Crippen molar-refractivity contribution in [3.05, 3.63) is 82.7 Å². The number of carbonyl (C=O) groups excluding carboxylic acids is 3. The normalized spacial score (nSPS) is 14.7. The first-order valence-electron chi connectivity index (χ1n) is 13.1. The summed E-state index contributed by atoms with van der Waals surface area (Å²) >= 11 is 1.47. The first-order valence-corrected chi connectivity index (χ1v) is 14.0. The molecule has 1 saturated carbocycles. The van der Waals surface area contributed by atoms with Gasteiger partial charge in [0.1, 0.15) is 6.04 Å². The van der Waals surface area contributed by atoms with Gasteiger partial charge in [-0.1, -0.05) is 43.5 Å². The Morgan fingerprint density at radius 3 is 2.47 bits per heavy atom. The molecule has 0 bridgehead atoms. The van der Waals surface area contributed by atoms with E-state index in [0.29, 0.717) is 11.4 Å². The van der Waals surface area contributed by atoms with Crippen molar-refractivity contribution in [2.45, 2.75) is 57.5 Å². The molecule has 196 valence electrons. The second kappa shape index (κ2) is 11.6. The van der Waals surface area contributed by atoms with Gasteiger partial charge in [-0.05, 0) is 60.2 Å². The van der Waals surface area contributed by atoms with Crippen LogP contribution in [-0.4, -0.2) is 28.7 Å². The summed E-state index contributed by atoms with van der Waals surface area (Å²) in [7, 11) is 0. The predicted octanol–water partition coefficient (Wildman–Crippen LogP) is 5.95. The zero-order chi connectivity index (χ0) is 26.5. The molecule has 8 heteroatoms. The summed E-state index contributed by atoms with van der Waals surface area (Å²) in [5, 5.41) is 8.93. The summed E-state index contributed by atoms with van der Waals surface area (Å²) in [5.74, 6) is -0.523. The Labute approximate surface area is 226 Å². The van der Waals surface area contributed by atoms with Gasteiger partial charge in [-0.3, -0.25) is 19.3 Å². The first-order chi connectivity index (χ1) is 18.5. The standard InChI is InChI=1S/C30H32N4O3S/c1-20(35)32-23-13-15-24(16-14-23)34(28(36)18-21-19-31-26-11-6-5-10-25(21)26)29(27-12-7-17-38-27)30(37)33-22-8-3-2-4-9-22/h5-7,10-17,19,22,29,31H,2-4,8-9,18H2,1H3,(H,32,35)(H,33,37). The number of thiophene rings is 1. The van der Waals surface area contributed by atoms with Crippen molar-refractivity contribution in [1.29, 1.82) is 0 Å². The molecule has 2 aromatic heterocycles. The second-order valence-electron chi connectivity index (χ2n) is 9.79. The highest BCUT2D eigenvalue weighted by molar-refractivity contribution is 7.10. The van der Waals surface area contributed by atoms with Crippen LogP contribution in [0.4, 0.5) is 11.4 Å². The van der Waals surface area contributed by atoms with E-state index in [2.05, 4.69) is 15.6 Å². The number of nitrogens with one attached hydrogen (secondary N) is 3. The van der Waals surface area contributed by atoms with E-state index in [4.69, 9.17) is 0 Å². The zero-order valence-electron chi connectivity index (χ0n) is 21.4. The van der Waals surface area contributed by atoms with E-state index in [9.17, 15) is 14.4 Å². The second-order valence-corrected chi connectivity index (χ2v) is 10.8. The van der Waals surface area contributed by atoms with Gasteiger partial charge in [0, 0.05) is 46.3 Å². The summed E-state index contributed by atoms with van der Waals surface area (Å²) in [4.78, 5) is 45.2. The number of hydrogen-bond donors (Lipinski definition) is 3. The van der Waals surface area contributed by atoms with Gasteiger partial charge in [0.05, 0.1) is 6.42 Å². The van der Waals surface area contributed by atoms with Crippen molar-refractivity contribution >= 4 is 51.3 Å². The zero-order valence-corrected chi connectivity index (χ0v) is 22.2. The lowest BCUT2D eigenvalue weighted by Crippen LogP contribution is -2.47. The number of aromatic amines is 1. The van der Waals surface area contributed by atoms with E-state index in [0.717, 1.165) is 47.0 Å². The lowest BCUT2D eigenvalue weighted by Gasteiger charge is -2.33. The third kappa shape index (κ3) is 5.81. The quantitative estimate of drug-likeness (QED) is 0.264. The van der Waals surface area contributed by atoms with Crippen molar-refractivity contribution in [3.8, 4) is 0 Å². The number of nitrogens with zero attached hydrogens (tertiary/aromatic N) is 1. The number of rotatable bonds is 8. The number of anilines is 2. The lowest BCUT2D eigenvalue weighted by atomic mass is 9.95. The molecule has 0 saturated heterocycles. The third-order valence-corrected chi connectivity index (χ3v) is 7.95. The van der Waals surface area contributed by atoms with Crippen molar-refractivity contribution in [2.24, 2.45) is 0 Å². The number of aromatic nitrogens is 1. The van der Waals surface area contributed by atoms with Crippen LogP contribution in [0.15, 0.2) is 72.2 Å². The number of hydrogen-bond acceptors (Lipinski definition) is 4. The molecule has 0 spiro atoms. The fourth-order valence-electron chi connectivity index (χ4n) is 5.22. The summed E-state index contributed by atoms with van der Waals surface area (Å²) in [6.45, 7) is 1.45. The van der Waals surface area contributed by atoms with Crippen LogP contribution < -0.4 is 15.5 Å². The molecule has 1 atom stereocenters. The minimum Gasteiger partial charge on any atom is -0.361 e. The Hall–Kier alpha value is -3.91. The summed E-state index contributed by atoms with van der Waals surface area (Å²) in [6, 6.07) is 18.1. The highest BCUT2D eigenvalue weighted by Crippen LogP contribution is 2.33. The Kier molecular flexibility index (Phi) is 7.89. The van der Waals surface area contributed by atoms with Crippen molar-refractivity contribution < 1.29 is 14.4 Å². The average Bonchev–Trinajstić information content (AvgIpc) is 3.59. The lowest BCUT2D eigenvalue weighted by molar-refractivity contribution is -0.127. The minimum absolute atomic E-state index is 0.117. The fourth-order valence-corrected chi connectivity index (χ4v) is 6.03. The molecule has 38 heavy (non-hydrogen) atoms. The first kappa shape index (κ1) is 25.7. The topological polar surface area (TPSA) is 94.3 Å². The van der Waals surface area contributed by atoms with Gasteiger partial charge in [0.2, 0.25) is 17.7 Å². The van der Waals surface area contributed by atoms with Crippen molar-refractivity contribution in [3.63, 3.8) is 0 Å². The Bertz CT molecular complexity index is 1410. The summed E-state index contributed by atoms with van der Waals surface area (Å²) < 4.78 is 0. The molecule has 1 aliphatic carbocycles. The average molecular weight is 529 g/mol. The van der Waals surface area contributed by atoms with Crippen molar-refractivity contribution in [2.75, 3.05) is 10.2 Å². The number of para-hydroxylation sites is 1.